The SMILES string of the molecule is CC(=O)C(C)NS(=O)(=O)NC(=O)OCCCC(=O)O. The molecule has 19 heavy (non-hydrogen) atoms. The zero-order valence-electron chi connectivity index (χ0n) is 10.5. The van der Waals surface area contributed by atoms with Gasteiger partial charge in [-0.3, -0.25) is 9.59 Å². The first kappa shape index (κ1) is 17.3. The highest BCUT2D eigenvalue weighted by Gasteiger charge is 2.20. The molecule has 0 aliphatic heterocycles. The van der Waals surface area contributed by atoms with Crippen LogP contribution in [0.3, 0.4) is 0 Å². The average molecular weight is 296 g/mol. The van der Waals surface area contributed by atoms with Crippen LogP contribution in [-0.4, -0.2) is 44.0 Å². The second-order valence-corrected chi connectivity index (χ2v) is 5.14. The summed E-state index contributed by atoms with van der Waals surface area (Å²) in [6.45, 7) is 2.28. The molecule has 1 unspecified atom stereocenters. The summed E-state index contributed by atoms with van der Waals surface area (Å²) >= 11 is 0. The highest BCUT2D eigenvalue weighted by atomic mass is 32.2. The first-order chi connectivity index (χ1) is 8.64. The molecule has 0 saturated carbocycles. The Labute approximate surface area is 110 Å². The lowest BCUT2D eigenvalue weighted by Crippen LogP contribution is -2.46. The van der Waals surface area contributed by atoms with Crippen LogP contribution in [0.2, 0.25) is 0 Å². The number of ether oxygens (including phenoxy) is 1. The number of ketones is 1. The molecule has 1 atom stereocenters. The number of hydrogen-bond donors (Lipinski definition) is 3. The Morgan fingerprint density at radius 3 is 2.37 bits per heavy atom. The van der Waals surface area contributed by atoms with Crippen molar-refractivity contribution in [3.05, 3.63) is 0 Å². The monoisotopic (exact) mass is 296 g/mol. The lowest BCUT2D eigenvalue weighted by atomic mass is 10.3. The van der Waals surface area contributed by atoms with E-state index in [9.17, 15) is 22.8 Å². The van der Waals surface area contributed by atoms with Gasteiger partial charge in [-0.1, -0.05) is 0 Å². The molecule has 1 amide bonds. The topological polar surface area (TPSA) is 139 Å². The van der Waals surface area contributed by atoms with Crippen molar-refractivity contribution in [2.75, 3.05) is 6.61 Å². The Balaban J connectivity index is 4.10. The standard InChI is InChI=1S/C9H16N2O7S/c1-6(7(2)12)10-19(16,17)11-9(15)18-5-3-4-8(13)14/h6,10H,3-5H2,1-2H3,(H,11,15)(H,13,14). The normalized spacial score (nSPS) is 12.5. The summed E-state index contributed by atoms with van der Waals surface area (Å²) in [6.07, 6.45) is -1.37. The van der Waals surface area contributed by atoms with Crippen LogP contribution in [0.4, 0.5) is 4.79 Å². The van der Waals surface area contributed by atoms with E-state index >= 15 is 0 Å². The fraction of sp³-hybridized carbons (Fsp3) is 0.667. The summed E-state index contributed by atoms with van der Waals surface area (Å²) < 4.78 is 30.5. The molecule has 0 aliphatic carbocycles. The number of rotatable bonds is 8. The van der Waals surface area contributed by atoms with Gasteiger partial charge in [0.25, 0.3) is 0 Å². The molecule has 0 heterocycles. The van der Waals surface area contributed by atoms with Crippen molar-refractivity contribution in [3.63, 3.8) is 0 Å². The summed E-state index contributed by atoms with van der Waals surface area (Å²) in [4.78, 5) is 32.1. The van der Waals surface area contributed by atoms with E-state index < -0.39 is 34.1 Å². The molecule has 9 nitrogen and oxygen atoms in total. The van der Waals surface area contributed by atoms with E-state index in [2.05, 4.69) is 4.74 Å². The highest BCUT2D eigenvalue weighted by Crippen LogP contribution is 1.92. The van der Waals surface area contributed by atoms with Crippen LogP contribution in [0, 0.1) is 0 Å². The molecule has 0 bridgehead atoms. The molecular weight excluding hydrogens is 280 g/mol. The summed E-state index contributed by atoms with van der Waals surface area (Å²) in [6, 6.07) is -0.975. The smallest absolute Gasteiger partial charge is 0.421 e. The van der Waals surface area contributed by atoms with Crippen molar-refractivity contribution in [3.8, 4) is 0 Å². The van der Waals surface area contributed by atoms with Gasteiger partial charge < -0.3 is 9.84 Å². The van der Waals surface area contributed by atoms with Gasteiger partial charge in [-0.2, -0.15) is 13.1 Å². The molecule has 3 N–H and O–H groups in total. The number of hydrogen-bond acceptors (Lipinski definition) is 6. The van der Waals surface area contributed by atoms with Gasteiger partial charge in [-0.05, 0) is 20.3 Å². The first-order valence-corrected chi connectivity index (χ1v) is 6.81. The van der Waals surface area contributed by atoms with E-state index in [-0.39, 0.29) is 19.4 Å². The van der Waals surface area contributed by atoms with Crippen LogP contribution in [-0.2, 0) is 24.5 Å². The summed E-state index contributed by atoms with van der Waals surface area (Å²) in [7, 11) is -4.19. The third-order valence-electron chi connectivity index (χ3n) is 1.93. The van der Waals surface area contributed by atoms with Gasteiger partial charge in [0.2, 0.25) is 0 Å². The number of carboxylic acid groups (broad SMARTS) is 1. The van der Waals surface area contributed by atoms with E-state index in [4.69, 9.17) is 5.11 Å². The minimum atomic E-state index is -4.19. The predicted octanol–water partition coefficient (Wildman–Crippen LogP) is -0.611. The fourth-order valence-corrected chi connectivity index (χ4v) is 1.84. The number of amides is 1. The van der Waals surface area contributed by atoms with Crippen molar-refractivity contribution in [2.24, 2.45) is 0 Å². The maximum Gasteiger partial charge on any atom is 0.421 e. The van der Waals surface area contributed by atoms with Crippen molar-refractivity contribution in [1.82, 2.24) is 9.44 Å². The van der Waals surface area contributed by atoms with Crippen molar-refractivity contribution in [2.45, 2.75) is 32.7 Å². The van der Waals surface area contributed by atoms with Gasteiger partial charge in [0.05, 0.1) is 12.6 Å². The lowest BCUT2D eigenvalue weighted by Gasteiger charge is -2.12. The number of aliphatic carboxylic acids is 1. The van der Waals surface area contributed by atoms with Gasteiger partial charge in [-0.15, -0.1) is 0 Å². The van der Waals surface area contributed by atoms with E-state index in [1.165, 1.54) is 18.6 Å². The van der Waals surface area contributed by atoms with Crippen LogP contribution < -0.4 is 9.44 Å². The molecule has 0 radical (unpaired) electrons. The van der Waals surface area contributed by atoms with Gasteiger partial charge >= 0.3 is 22.3 Å². The van der Waals surface area contributed by atoms with E-state index in [1.54, 1.807) is 0 Å². The Hall–Kier alpha value is -1.68. The number of carbonyl (C=O) groups excluding carboxylic acids is 2. The molecule has 110 valence electrons. The summed E-state index contributed by atoms with van der Waals surface area (Å²) in [5.41, 5.74) is 0. The molecule has 0 aromatic heterocycles. The predicted molar refractivity (Wildman–Crippen MR) is 63.6 cm³/mol. The highest BCUT2D eigenvalue weighted by molar-refractivity contribution is 7.88. The summed E-state index contributed by atoms with van der Waals surface area (Å²) in [5, 5.41) is 8.32. The van der Waals surface area contributed by atoms with E-state index in [0.29, 0.717) is 0 Å². The molecule has 0 aromatic rings. The summed E-state index contributed by atoms with van der Waals surface area (Å²) in [5.74, 6) is -1.46. The second-order valence-electron chi connectivity index (χ2n) is 3.69. The quantitative estimate of drug-likeness (QED) is 0.508. The first-order valence-electron chi connectivity index (χ1n) is 5.33. The van der Waals surface area contributed by atoms with Crippen molar-refractivity contribution in [1.29, 1.82) is 0 Å². The Morgan fingerprint density at radius 1 is 1.32 bits per heavy atom. The molecule has 0 fully saturated rings. The molecule has 0 rings (SSSR count). The van der Waals surface area contributed by atoms with Gasteiger partial charge in [0.1, 0.15) is 5.78 Å². The van der Waals surface area contributed by atoms with Gasteiger partial charge in [-0.25, -0.2) is 9.52 Å². The van der Waals surface area contributed by atoms with Crippen molar-refractivity contribution >= 4 is 28.1 Å². The van der Waals surface area contributed by atoms with Gasteiger partial charge in [0.15, 0.2) is 0 Å². The number of nitrogens with one attached hydrogen (secondary N) is 2. The maximum absolute atomic E-state index is 11.3. The molecule has 0 aliphatic rings. The Bertz CT molecular complexity index is 445. The Morgan fingerprint density at radius 2 is 1.89 bits per heavy atom. The number of Topliss-reactive ketones (excluding diaryl/α,β-unsaturated/α-hetero) is 1. The third kappa shape index (κ3) is 8.97. The number of carboxylic acids is 1. The maximum atomic E-state index is 11.3. The fourth-order valence-electron chi connectivity index (χ4n) is 0.873. The van der Waals surface area contributed by atoms with Crippen LogP contribution in [0.1, 0.15) is 26.7 Å². The molecule has 10 heteroatoms. The second kappa shape index (κ2) is 7.69. The largest absolute Gasteiger partial charge is 0.481 e. The third-order valence-corrected chi connectivity index (χ3v) is 3.03. The Kier molecular flexibility index (Phi) is 7.01. The minimum absolute atomic E-state index is 0.0695. The molecule has 0 spiro atoms. The molecule has 0 saturated heterocycles. The van der Waals surface area contributed by atoms with E-state index in [0.717, 1.165) is 0 Å². The van der Waals surface area contributed by atoms with Crippen LogP contribution in [0.5, 0.6) is 0 Å². The zero-order chi connectivity index (χ0) is 15.1. The lowest BCUT2D eigenvalue weighted by molar-refractivity contribution is -0.137. The molecular formula is C9H16N2O7S. The minimum Gasteiger partial charge on any atom is -0.481 e. The van der Waals surface area contributed by atoms with Crippen LogP contribution >= 0.6 is 0 Å². The van der Waals surface area contributed by atoms with Crippen LogP contribution in [0.15, 0.2) is 0 Å². The average Bonchev–Trinajstić information content (AvgIpc) is 2.22. The zero-order valence-corrected chi connectivity index (χ0v) is 11.3. The van der Waals surface area contributed by atoms with Crippen LogP contribution in [0.25, 0.3) is 0 Å². The van der Waals surface area contributed by atoms with E-state index in [1.807, 2.05) is 4.72 Å². The van der Waals surface area contributed by atoms with Crippen molar-refractivity contribution < 1.29 is 32.6 Å². The van der Waals surface area contributed by atoms with Gasteiger partial charge in [0, 0.05) is 6.42 Å². The molecule has 0 aromatic carbocycles. The number of carbonyl (C=O) groups is 3.